The third kappa shape index (κ3) is 2.30. The summed E-state index contributed by atoms with van der Waals surface area (Å²) in [6.07, 6.45) is 2.24. The molecular formula is C28H29N2Si+. The number of hydrogen-bond acceptors (Lipinski definition) is 0. The zero-order chi connectivity index (χ0) is 21.8. The number of nitrogens with zero attached hydrogens (tertiary/aromatic N) is 2. The molecule has 3 aromatic carbocycles. The van der Waals surface area contributed by atoms with E-state index in [1.54, 1.807) is 0 Å². The van der Waals surface area contributed by atoms with Gasteiger partial charge in [0, 0.05) is 16.8 Å². The molecule has 3 aromatic heterocycles. The second-order valence-electron chi connectivity index (χ2n) is 10.4. The van der Waals surface area contributed by atoms with Crippen molar-refractivity contribution in [3.8, 4) is 0 Å². The van der Waals surface area contributed by atoms with Crippen molar-refractivity contribution < 1.29 is 4.57 Å². The lowest BCUT2D eigenvalue weighted by atomic mass is 9.98. The number of rotatable bonds is 1. The standard InChI is InChI=1S/C28H29N2Si/c1-16-9-11-22-25(18(16)3)21-10-8-17(2)24-27(21)30(22)23-15-20(31(5,6)7)14-19-12-13-29(4)28(24)26(19)23/h8-15H,1-7H3/q+1. The highest BCUT2D eigenvalue weighted by Gasteiger charge is 2.26. The average molecular weight is 422 g/mol. The SMILES string of the molecule is Cc1ccc2c(c1C)c1ccc(C)c3c1n2c1cc([Si](C)(C)C)cc2cc[n+](C)c3c21. The first-order valence-electron chi connectivity index (χ1n) is 11.2. The van der Waals surface area contributed by atoms with E-state index in [1.807, 2.05) is 0 Å². The summed E-state index contributed by atoms with van der Waals surface area (Å²) in [6.45, 7) is 14.1. The Bertz CT molecular complexity index is 1700. The topological polar surface area (TPSA) is 8.29 Å². The van der Waals surface area contributed by atoms with Gasteiger partial charge in [0.15, 0.2) is 6.20 Å². The maximum absolute atomic E-state index is 2.57. The van der Waals surface area contributed by atoms with Gasteiger partial charge in [-0.15, -0.1) is 0 Å². The highest BCUT2D eigenvalue weighted by molar-refractivity contribution is 6.89. The molecular weight excluding hydrogens is 392 g/mol. The Balaban J connectivity index is 2.08. The summed E-state index contributed by atoms with van der Waals surface area (Å²) in [6, 6.07) is 16.5. The number of pyridine rings is 2. The van der Waals surface area contributed by atoms with E-state index in [1.165, 1.54) is 70.9 Å². The summed E-state index contributed by atoms with van der Waals surface area (Å²) < 4.78 is 4.89. The first-order valence-corrected chi connectivity index (χ1v) is 14.7. The van der Waals surface area contributed by atoms with Crippen LogP contribution in [0.1, 0.15) is 16.7 Å². The largest absolute Gasteiger partial charge is 0.307 e. The van der Waals surface area contributed by atoms with E-state index < -0.39 is 8.07 Å². The molecule has 0 aliphatic rings. The summed E-state index contributed by atoms with van der Waals surface area (Å²) in [4.78, 5) is 0. The molecule has 0 spiro atoms. The van der Waals surface area contributed by atoms with Gasteiger partial charge in [0.2, 0.25) is 5.52 Å². The van der Waals surface area contributed by atoms with Crippen molar-refractivity contribution in [1.29, 1.82) is 0 Å². The molecule has 0 N–H and O–H groups in total. The fourth-order valence-corrected chi connectivity index (χ4v) is 6.67. The lowest BCUT2D eigenvalue weighted by molar-refractivity contribution is -0.643. The van der Waals surface area contributed by atoms with E-state index >= 15 is 0 Å². The number of aromatic nitrogens is 2. The van der Waals surface area contributed by atoms with Gasteiger partial charge in [0.25, 0.3) is 0 Å². The molecule has 0 aliphatic carbocycles. The van der Waals surface area contributed by atoms with Crippen molar-refractivity contribution in [2.45, 2.75) is 40.4 Å². The van der Waals surface area contributed by atoms with Gasteiger partial charge in [-0.1, -0.05) is 49.1 Å². The first kappa shape index (κ1) is 18.8. The zero-order valence-electron chi connectivity index (χ0n) is 19.5. The maximum atomic E-state index is 2.57. The Hall–Kier alpha value is -2.91. The molecule has 0 saturated heterocycles. The molecule has 0 unspecified atom stereocenters. The van der Waals surface area contributed by atoms with E-state index in [4.69, 9.17) is 0 Å². The molecule has 2 nitrogen and oxygen atoms in total. The second-order valence-corrected chi connectivity index (χ2v) is 15.5. The molecule has 0 saturated carbocycles. The normalized spacial score (nSPS) is 13.0. The van der Waals surface area contributed by atoms with Crippen molar-refractivity contribution in [2.24, 2.45) is 7.05 Å². The van der Waals surface area contributed by atoms with Crippen LogP contribution in [0.5, 0.6) is 0 Å². The molecule has 0 radical (unpaired) electrons. The Labute approximate surface area is 184 Å². The van der Waals surface area contributed by atoms with Gasteiger partial charge in [-0.05, 0) is 55.0 Å². The lowest BCUT2D eigenvalue weighted by Crippen LogP contribution is -2.38. The highest BCUT2D eigenvalue weighted by Crippen LogP contribution is 2.41. The molecule has 0 atom stereocenters. The van der Waals surface area contributed by atoms with Crippen LogP contribution in [-0.4, -0.2) is 12.5 Å². The summed E-state index contributed by atoms with van der Waals surface area (Å²) >= 11 is 0. The predicted octanol–water partition coefficient (Wildman–Crippen LogP) is 6.28. The van der Waals surface area contributed by atoms with E-state index in [-0.39, 0.29) is 0 Å². The van der Waals surface area contributed by atoms with E-state index in [0.29, 0.717) is 0 Å². The molecule has 0 amide bonds. The predicted molar refractivity (Wildman–Crippen MR) is 137 cm³/mol. The number of hydrogen-bond donors (Lipinski definition) is 0. The molecule has 31 heavy (non-hydrogen) atoms. The van der Waals surface area contributed by atoms with Crippen LogP contribution in [-0.2, 0) is 7.05 Å². The van der Waals surface area contributed by atoms with Crippen LogP contribution in [0.2, 0.25) is 19.6 Å². The molecule has 154 valence electrons. The van der Waals surface area contributed by atoms with Crippen molar-refractivity contribution in [3.05, 3.63) is 65.4 Å². The monoisotopic (exact) mass is 421 g/mol. The molecule has 3 heteroatoms. The van der Waals surface area contributed by atoms with Crippen molar-refractivity contribution >= 4 is 62.3 Å². The maximum Gasteiger partial charge on any atom is 0.224 e. The van der Waals surface area contributed by atoms with Gasteiger partial charge in [-0.2, -0.15) is 0 Å². The second kappa shape index (κ2) is 5.86. The van der Waals surface area contributed by atoms with Gasteiger partial charge in [-0.3, -0.25) is 0 Å². The Morgan fingerprint density at radius 1 is 0.774 bits per heavy atom. The van der Waals surface area contributed by atoms with Crippen LogP contribution < -0.4 is 9.75 Å². The van der Waals surface area contributed by atoms with Gasteiger partial charge in [0.05, 0.1) is 35.4 Å². The Morgan fingerprint density at radius 2 is 1.52 bits per heavy atom. The summed E-state index contributed by atoms with van der Waals surface area (Å²) in [7, 11) is 0.714. The van der Waals surface area contributed by atoms with E-state index in [0.717, 1.165) is 0 Å². The molecule has 0 bridgehead atoms. The van der Waals surface area contributed by atoms with Crippen LogP contribution in [0.4, 0.5) is 0 Å². The van der Waals surface area contributed by atoms with Crippen LogP contribution in [0, 0.1) is 20.8 Å². The quantitative estimate of drug-likeness (QED) is 0.128. The number of fused-ring (bicyclic) bond motifs is 5. The molecule has 0 aliphatic heterocycles. The molecule has 6 aromatic rings. The van der Waals surface area contributed by atoms with E-state index in [9.17, 15) is 0 Å². The Morgan fingerprint density at radius 3 is 2.26 bits per heavy atom. The summed E-state index contributed by atoms with van der Waals surface area (Å²) in [5.41, 5.74) is 9.49. The van der Waals surface area contributed by atoms with Crippen LogP contribution in [0.15, 0.2) is 48.7 Å². The van der Waals surface area contributed by atoms with Crippen LogP contribution in [0.3, 0.4) is 0 Å². The molecule has 0 fully saturated rings. The average Bonchev–Trinajstić information content (AvgIpc) is 3.05. The van der Waals surface area contributed by atoms with E-state index in [2.05, 4.69) is 105 Å². The zero-order valence-corrected chi connectivity index (χ0v) is 20.5. The minimum atomic E-state index is -1.48. The summed E-state index contributed by atoms with van der Waals surface area (Å²) in [5.74, 6) is 0. The number of benzene rings is 3. The van der Waals surface area contributed by atoms with Gasteiger partial charge < -0.3 is 4.40 Å². The fraction of sp³-hybridized carbons (Fsp3) is 0.250. The fourth-order valence-electron chi connectivity index (χ4n) is 5.52. The number of aryl methyl sites for hydroxylation is 4. The van der Waals surface area contributed by atoms with Crippen LogP contribution in [0.25, 0.3) is 49.0 Å². The molecule has 3 heterocycles. The van der Waals surface area contributed by atoms with Crippen molar-refractivity contribution in [1.82, 2.24) is 4.40 Å². The third-order valence-electron chi connectivity index (χ3n) is 7.39. The minimum Gasteiger partial charge on any atom is -0.307 e. The smallest absolute Gasteiger partial charge is 0.224 e. The summed E-state index contributed by atoms with van der Waals surface area (Å²) in [5, 5.41) is 8.41. The first-order chi connectivity index (χ1) is 14.7. The highest BCUT2D eigenvalue weighted by atomic mass is 28.3. The van der Waals surface area contributed by atoms with Gasteiger partial charge in [0.1, 0.15) is 7.05 Å². The van der Waals surface area contributed by atoms with Gasteiger partial charge in [-0.25, -0.2) is 4.57 Å². The van der Waals surface area contributed by atoms with Crippen LogP contribution >= 0.6 is 0 Å². The third-order valence-corrected chi connectivity index (χ3v) is 9.41. The van der Waals surface area contributed by atoms with Gasteiger partial charge >= 0.3 is 0 Å². The molecule has 6 rings (SSSR count). The van der Waals surface area contributed by atoms with Crippen molar-refractivity contribution in [3.63, 3.8) is 0 Å². The Kier molecular flexibility index (Phi) is 3.56. The lowest BCUT2D eigenvalue weighted by Gasteiger charge is -2.20. The minimum absolute atomic E-state index is 1.33. The van der Waals surface area contributed by atoms with Crippen molar-refractivity contribution in [2.75, 3.05) is 0 Å².